The lowest BCUT2D eigenvalue weighted by atomic mass is 9.77. The van der Waals surface area contributed by atoms with Gasteiger partial charge in [0.25, 0.3) is 5.56 Å². The van der Waals surface area contributed by atoms with Gasteiger partial charge in [-0.25, -0.2) is 9.67 Å². The van der Waals surface area contributed by atoms with Crippen molar-refractivity contribution in [1.29, 1.82) is 0 Å². The number of nitrogens with zero attached hydrogens (tertiary/aromatic N) is 5. The van der Waals surface area contributed by atoms with Crippen LogP contribution in [-0.4, -0.2) is 51.5 Å². The standard InChI is InChI=1S/C24H28N6O3/c1-15(31)26-21-7-16-17(10-28(3)20(16)9-25-21)18-8-19(29-11-24(12-29)13-33-14-24)22(32)30(27-18)23(2)5-4-6-23/h7-10H,4-6,11-14H2,1-3H3,(H,25,26,31). The Kier molecular flexibility index (Phi) is 4.27. The lowest BCUT2D eigenvalue weighted by molar-refractivity contribution is -0.127. The summed E-state index contributed by atoms with van der Waals surface area (Å²) in [6.07, 6.45) is 6.78. The number of fused-ring (bicyclic) bond motifs is 1. The third-order valence-electron chi connectivity index (χ3n) is 7.50. The largest absolute Gasteiger partial charge is 0.380 e. The van der Waals surface area contributed by atoms with Crippen molar-refractivity contribution in [2.24, 2.45) is 12.5 Å². The normalized spacial score (nSPS) is 20.3. The van der Waals surface area contributed by atoms with Crippen molar-refractivity contribution in [3.05, 3.63) is 34.9 Å². The second-order valence-corrected chi connectivity index (χ2v) is 10.3. The minimum Gasteiger partial charge on any atom is -0.380 e. The molecule has 1 amide bonds. The van der Waals surface area contributed by atoms with Crippen LogP contribution < -0.4 is 15.8 Å². The van der Waals surface area contributed by atoms with E-state index >= 15 is 0 Å². The van der Waals surface area contributed by atoms with Crippen LogP contribution in [0, 0.1) is 5.41 Å². The van der Waals surface area contributed by atoms with E-state index in [-0.39, 0.29) is 22.4 Å². The highest BCUT2D eigenvalue weighted by Crippen LogP contribution is 2.42. The van der Waals surface area contributed by atoms with Gasteiger partial charge in [-0.15, -0.1) is 0 Å². The first-order chi connectivity index (χ1) is 15.8. The fourth-order valence-corrected chi connectivity index (χ4v) is 5.34. The molecule has 0 aromatic carbocycles. The molecule has 2 saturated heterocycles. The van der Waals surface area contributed by atoms with E-state index in [1.54, 1.807) is 10.9 Å². The molecule has 9 nitrogen and oxygen atoms in total. The highest BCUT2D eigenvalue weighted by molar-refractivity contribution is 5.98. The predicted molar refractivity (Wildman–Crippen MR) is 125 cm³/mol. The van der Waals surface area contributed by atoms with Crippen molar-refractivity contribution in [3.63, 3.8) is 0 Å². The Labute approximate surface area is 191 Å². The summed E-state index contributed by atoms with van der Waals surface area (Å²) in [5.74, 6) is 0.328. The van der Waals surface area contributed by atoms with E-state index in [0.717, 1.165) is 67.7 Å². The quantitative estimate of drug-likeness (QED) is 0.659. The number of ether oxygens (including phenoxy) is 1. The molecule has 6 rings (SSSR count). The molecule has 5 heterocycles. The summed E-state index contributed by atoms with van der Waals surface area (Å²) in [7, 11) is 1.96. The number of anilines is 2. The average molecular weight is 449 g/mol. The zero-order chi connectivity index (χ0) is 23.0. The van der Waals surface area contributed by atoms with Crippen molar-refractivity contribution >= 4 is 28.3 Å². The maximum Gasteiger partial charge on any atom is 0.290 e. The van der Waals surface area contributed by atoms with E-state index in [4.69, 9.17) is 9.84 Å². The SMILES string of the molecule is CC(=O)Nc1cc2c(-c3cc(N4CC5(COC5)C4)c(=O)n(C4(C)CCC4)n3)cn(C)c2cn1. The van der Waals surface area contributed by atoms with E-state index in [9.17, 15) is 9.59 Å². The summed E-state index contributed by atoms with van der Waals surface area (Å²) < 4.78 is 9.14. The Balaban J connectivity index is 1.50. The van der Waals surface area contributed by atoms with E-state index in [0.29, 0.717) is 11.5 Å². The van der Waals surface area contributed by atoms with Crippen LogP contribution in [0.3, 0.4) is 0 Å². The molecule has 33 heavy (non-hydrogen) atoms. The van der Waals surface area contributed by atoms with Crippen LogP contribution in [0.1, 0.15) is 33.1 Å². The van der Waals surface area contributed by atoms with Crippen molar-refractivity contribution in [3.8, 4) is 11.3 Å². The Hall–Kier alpha value is -3.20. The van der Waals surface area contributed by atoms with Crippen molar-refractivity contribution in [2.45, 2.75) is 38.6 Å². The molecule has 0 bridgehead atoms. The van der Waals surface area contributed by atoms with Gasteiger partial charge < -0.3 is 19.5 Å². The second kappa shape index (κ2) is 6.90. The number of pyridine rings is 1. The predicted octanol–water partition coefficient (Wildman–Crippen LogP) is 2.49. The van der Waals surface area contributed by atoms with E-state index < -0.39 is 0 Å². The molecule has 0 unspecified atom stereocenters. The molecule has 1 saturated carbocycles. The smallest absolute Gasteiger partial charge is 0.290 e. The number of nitrogens with one attached hydrogen (secondary N) is 1. The van der Waals surface area contributed by atoms with Crippen LogP contribution in [0.5, 0.6) is 0 Å². The molecule has 3 aliphatic rings. The van der Waals surface area contributed by atoms with Gasteiger partial charge in [-0.05, 0) is 38.3 Å². The van der Waals surface area contributed by atoms with E-state index in [1.807, 2.05) is 29.9 Å². The number of carbonyl (C=O) groups is 1. The Bertz CT molecular complexity index is 1340. The van der Waals surface area contributed by atoms with Crippen LogP contribution >= 0.6 is 0 Å². The second-order valence-electron chi connectivity index (χ2n) is 10.3. The van der Waals surface area contributed by atoms with Crippen molar-refractivity contribution in [2.75, 3.05) is 36.5 Å². The van der Waals surface area contributed by atoms with Crippen LogP contribution in [0.2, 0.25) is 0 Å². The van der Waals surface area contributed by atoms with Gasteiger partial charge in [-0.2, -0.15) is 5.10 Å². The van der Waals surface area contributed by atoms with Crippen LogP contribution in [-0.2, 0) is 22.1 Å². The molecule has 9 heteroatoms. The van der Waals surface area contributed by atoms with E-state index in [2.05, 4.69) is 22.1 Å². The molecule has 1 aliphatic carbocycles. The molecular formula is C24H28N6O3. The summed E-state index contributed by atoms with van der Waals surface area (Å²) in [5, 5.41) is 8.59. The first-order valence-electron chi connectivity index (χ1n) is 11.5. The number of rotatable bonds is 4. The number of carbonyl (C=O) groups excluding carboxylic acids is 1. The van der Waals surface area contributed by atoms with Crippen LogP contribution in [0.25, 0.3) is 22.2 Å². The third kappa shape index (κ3) is 3.09. The fourth-order valence-electron chi connectivity index (χ4n) is 5.34. The van der Waals surface area contributed by atoms with Gasteiger partial charge in [0.2, 0.25) is 5.91 Å². The van der Waals surface area contributed by atoms with Crippen LogP contribution in [0.15, 0.2) is 29.3 Å². The van der Waals surface area contributed by atoms with Crippen molar-refractivity contribution in [1.82, 2.24) is 19.3 Å². The molecule has 3 aromatic rings. The number of aromatic nitrogens is 4. The zero-order valence-electron chi connectivity index (χ0n) is 19.2. The molecule has 2 aliphatic heterocycles. The Morgan fingerprint density at radius 1 is 1.21 bits per heavy atom. The highest BCUT2D eigenvalue weighted by Gasteiger charge is 2.50. The average Bonchev–Trinajstić information content (AvgIpc) is 3.01. The van der Waals surface area contributed by atoms with Crippen molar-refractivity contribution < 1.29 is 9.53 Å². The fraction of sp³-hybridized carbons (Fsp3) is 0.500. The lowest BCUT2D eigenvalue weighted by Crippen LogP contribution is -2.67. The number of amides is 1. The Morgan fingerprint density at radius 3 is 2.58 bits per heavy atom. The third-order valence-corrected chi connectivity index (χ3v) is 7.50. The zero-order valence-corrected chi connectivity index (χ0v) is 19.2. The summed E-state index contributed by atoms with van der Waals surface area (Å²) in [4.78, 5) is 31.6. The monoisotopic (exact) mass is 448 g/mol. The number of hydrogen-bond donors (Lipinski definition) is 1. The maximum absolute atomic E-state index is 13.6. The molecule has 1 N–H and O–H groups in total. The van der Waals surface area contributed by atoms with Gasteiger partial charge in [-0.1, -0.05) is 0 Å². The van der Waals surface area contributed by atoms with Gasteiger partial charge in [0.1, 0.15) is 11.5 Å². The molecule has 3 aromatic heterocycles. The van der Waals surface area contributed by atoms with Gasteiger partial charge >= 0.3 is 0 Å². The maximum atomic E-state index is 13.6. The van der Waals surface area contributed by atoms with Gasteiger partial charge in [0, 0.05) is 44.2 Å². The Morgan fingerprint density at radius 2 is 1.97 bits per heavy atom. The first-order valence-corrected chi connectivity index (χ1v) is 11.5. The lowest BCUT2D eigenvalue weighted by Gasteiger charge is -2.55. The molecule has 172 valence electrons. The first kappa shape index (κ1) is 20.4. The van der Waals surface area contributed by atoms with Gasteiger partial charge in [-0.3, -0.25) is 9.59 Å². The minimum absolute atomic E-state index is 0.0168. The molecule has 0 atom stereocenters. The minimum atomic E-state index is -0.253. The summed E-state index contributed by atoms with van der Waals surface area (Å²) >= 11 is 0. The van der Waals surface area contributed by atoms with Crippen LogP contribution in [0.4, 0.5) is 11.5 Å². The van der Waals surface area contributed by atoms with E-state index in [1.165, 1.54) is 6.92 Å². The highest BCUT2D eigenvalue weighted by atomic mass is 16.5. The molecule has 1 spiro atoms. The van der Waals surface area contributed by atoms with Gasteiger partial charge in [0.15, 0.2) is 0 Å². The summed E-state index contributed by atoms with van der Waals surface area (Å²) in [6, 6.07) is 3.80. The number of hydrogen-bond acceptors (Lipinski definition) is 6. The molecule has 0 radical (unpaired) electrons. The van der Waals surface area contributed by atoms with Gasteiger partial charge in [0.05, 0.1) is 41.6 Å². The summed E-state index contributed by atoms with van der Waals surface area (Å²) in [6.45, 7) is 6.82. The molecular weight excluding hydrogens is 420 g/mol. The topological polar surface area (TPSA) is 94.3 Å². The number of aryl methyl sites for hydroxylation is 1. The summed E-state index contributed by atoms with van der Waals surface area (Å²) in [5.41, 5.74) is 3.26. The molecule has 3 fully saturated rings.